The third-order valence-corrected chi connectivity index (χ3v) is 8.14. The number of nitrogens with one attached hydrogen (secondary N) is 1. The number of amides is 2. The normalized spacial score (nSPS) is 15.2. The molecule has 3 rings (SSSR count). The third kappa shape index (κ3) is 7.57. The van der Waals surface area contributed by atoms with E-state index in [1.807, 2.05) is 0 Å². The van der Waals surface area contributed by atoms with Crippen molar-refractivity contribution in [3.63, 3.8) is 0 Å². The number of carbonyl (C=O) groups is 2. The number of benzene rings is 2. The number of nitrogens with zero attached hydrogens (tertiary/aromatic N) is 2. The highest BCUT2D eigenvalue weighted by atomic mass is 35.5. The topological polar surface area (TPSA) is 86.8 Å². The molecule has 2 amide bonds. The van der Waals surface area contributed by atoms with Gasteiger partial charge in [0.2, 0.25) is 21.8 Å². The molecule has 36 heavy (non-hydrogen) atoms. The Morgan fingerprint density at radius 1 is 1.06 bits per heavy atom. The van der Waals surface area contributed by atoms with E-state index >= 15 is 0 Å². The van der Waals surface area contributed by atoms with E-state index in [0.29, 0.717) is 5.56 Å². The summed E-state index contributed by atoms with van der Waals surface area (Å²) >= 11 is 12.0. The van der Waals surface area contributed by atoms with Crippen molar-refractivity contribution in [2.24, 2.45) is 0 Å². The van der Waals surface area contributed by atoms with Crippen LogP contribution in [0.2, 0.25) is 10.0 Å². The minimum absolute atomic E-state index is 0.00264. The van der Waals surface area contributed by atoms with Crippen molar-refractivity contribution in [1.29, 1.82) is 0 Å². The van der Waals surface area contributed by atoms with Gasteiger partial charge in [0.25, 0.3) is 0 Å². The molecule has 1 saturated carbocycles. The molecule has 1 N–H and O–H groups in total. The highest BCUT2D eigenvalue weighted by Crippen LogP contribution is 2.28. The van der Waals surface area contributed by atoms with Crippen molar-refractivity contribution in [3.8, 4) is 0 Å². The van der Waals surface area contributed by atoms with Crippen molar-refractivity contribution in [2.75, 3.05) is 17.1 Å². The Hall–Kier alpha value is -2.36. The fourth-order valence-electron chi connectivity index (χ4n) is 4.19. The van der Waals surface area contributed by atoms with Gasteiger partial charge in [0.05, 0.1) is 22.0 Å². The Balaban J connectivity index is 1.87. The first-order valence-corrected chi connectivity index (χ1v) is 14.3. The summed E-state index contributed by atoms with van der Waals surface area (Å²) in [5, 5.41) is 3.40. The molecule has 0 spiro atoms. The summed E-state index contributed by atoms with van der Waals surface area (Å²) in [6.07, 6.45) is 5.93. The van der Waals surface area contributed by atoms with Crippen molar-refractivity contribution >= 4 is 50.7 Å². The number of carbonyl (C=O) groups excluding carboxylic acids is 2. The molecule has 0 aliphatic heterocycles. The van der Waals surface area contributed by atoms with Gasteiger partial charge in [-0.1, -0.05) is 54.6 Å². The lowest BCUT2D eigenvalue weighted by Gasteiger charge is -2.33. The second-order valence-corrected chi connectivity index (χ2v) is 11.8. The average Bonchev–Trinajstić information content (AvgIpc) is 2.83. The van der Waals surface area contributed by atoms with Crippen LogP contribution >= 0.6 is 23.2 Å². The van der Waals surface area contributed by atoms with Gasteiger partial charge in [0.1, 0.15) is 18.4 Å². The molecule has 0 radical (unpaired) electrons. The van der Waals surface area contributed by atoms with Gasteiger partial charge in [-0.2, -0.15) is 0 Å². The van der Waals surface area contributed by atoms with E-state index < -0.39 is 34.3 Å². The van der Waals surface area contributed by atoms with Gasteiger partial charge in [0, 0.05) is 12.6 Å². The standard InChI is InChI=1S/C25H30Cl2FN3O4S/c1-17(25(33)29-20-6-4-3-5-7-20)30(15-18-8-10-19(28)11-9-18)24(32)16-31(36(2,34)35)21-12-13-22(26)23(27)14-21/h8-14,17,20H,3-7,15-16H2,1-2H3,(H,29,33)/t17-/m1/s1. The van der Waals surface area contributed by atoms with E-state index in [9.17, 15) is 22.4 Å². The zero-order valence-corrected chi connectivity index (χ0v) is 22.5. The monoisotopic (exact) mass is 557 g/mol. The summed E-state index contributed by atoms with van der Waals surface area (Å²) in [4.78, 5) is 28.0. The Morgan fingerprint density at radius 3 is 2.28 bits per heavy atom. The Morgan fingerprint density at radius 2 is 1.69 bits per heavy atom. The summed E-state index contributed by atoms with van der Waals surface area (Å²) in [5.41, 5.74) is 0.767. The van der Waals surface area contributed by atoms with Crippen molar-refractivity contribution in [3.05, 3.63) is 63.9 Å². The van der Waals surface area contributed by atoms with Crippen LogP contribution in [-0.2, 0) is 26.2 Å². The molecule has 1 aliphatic carbocycles. The molecule has 2 aromatic rings. The quantitative estimate of drug-likeness (QED) is 0.481. The molecule has 0 aromatic heterocycles. The molecule has 1 atom stereocenters. The lowest BCUT2D eigenvalue weighted by Crippen LogP contribution is -2.52. The van der Waals surface area contributed by atoms with Crippen LogP contribution in [-0.4, -0.2) is 50.0 Å². The van der Waals surface area contributed by atoms with Crippen molar-refractivity contribution in [1.82, 2.24) is 10.2 Å². The summed E-state index contributed by atoms with van der Waals surface area (Å²) in [7, 11) is -3.89. The van der Waals surface area contributed by atoms with E-state index in [2.05, 4.69) is 5.32 Å². The van der Waals surface area contributed by atoms with Crippen LogP contribution in [0.25, 0.3) is 0 Å². The van der Waals surface area contributed by atoms with E-state index in [1.165, 1.54) is 47.4 Å². The van der Waals surface area contributed by atoms with Crippen LogP contribution in [0.1, 0.15) is 44.6 Å². The van der Waals surface area contributed by atoms with Crippen LogP contribution in [0.3, 0.4) is 0 Å². The highest BCUT2D eigenvalue weighted by Gasteiger charge is 2.31. The first-order valence-electron chi connectivity index (χ1n) is 11.7. The van der Waals surface area contributed by atoms with Crippen molar-refractivity contribution in [2.45, 2.75) is 57.7 Å². The third-order valence-electron chi connectivity index (χ3n) is 6.26. The molecule has 7 nitrogen and oxygen atoms in total. The molecular weight excluding hydrogens is 528 g/mol. The lowest BCUT2D eigenvalue weighted by molar-refractivity contribution is -0.139. The largest absolute Gasteiger partial charge is 0.352 e. The predicted octanol–water partition coefficient (Wildman–Crippen LogP) is 4.76. The van der Waals surface area contributed by atoms with Crippen LogP contribution in [0.5, 0.6) is 0 Å². The van der Waals surface area contributed by atoms with E-state index in [0.717, 1.165) is 42.7 Å². The summed E-state index contributed by atoms with van der Waals surface area (Å²) < 4.78 is 39.6. The SMILES string of the molecule is C[C@H](C(=O)NC1CCCCC1)N(Cc1ccc(F)cc1)C(=O)CN(c1ccc(Cl)c(Cl)c1)S(C)(=O)=O. The average molecular weight is 559 g/mol. The van der Waals surface area contributed by atoms with Crippen LogP contribution in [0.15, 0.2) is 42.5 Å². The Labute approximate surface area is 221 Å². The van der Waals surface area contributed by atoms with Gasteiger partial charge in [-0.3, -0.25) is 13.9 Å². The number of hydrogen-bond acceptors (Lipinski definition) is 4. The van der Waals surface area contributed by atoms with Gasteiger partial charge in [-0.15, -0.1) is 0 Å². The predicted molar refractivity (Wildman–Crippen MR) is 140 cm³/mol. The Kier molecular flexibility index (Phi) is 9.60. The van der Waals surface area contributed by atoms with E-state index in [-0.39, 0.29) is 34.2 Å². The summed E-state index contributed by atoms with van der Waals surface area (Å²) in [6.45, 7) is 1.04. The molecule has 0 unspecified atom stereocenters. The maximum atomic E-state index is 13.5. The number of hydrogen-bond donors (Lipinski definition) is 1. The minimum Gasteiger partial charge on any atom is -0.352 e. The second kappa shape index (κ2) is 12.3. The molecule has 1 aliphatic rings. The second-order valence-electron chi connectivity index (χ2n) is 9.04. The maximum absolute atomic E-state index is 13.5. The van der Waals surface area contributed by atoms with Crippen LogP contribution < -0.4 is 9.62 Å². The maximum Gasteiger partial charge on any atom is 0.244 e. The van der Waals surface area contributed by atoms with Gasteiger partial charge in [-0.25, -0.2) is 12.8 Å². The molecule has 196 valence electrons. The number of rotatable bonds is 9. The Bertz CT molecular complexity index is 1190. The number of sulfonamides is 1. The lowest BCUT2D eigenvalue weighted by atomic mass is 9.95. The zero-order valence-electron chi connectivity index (χ0n) is 20.2. The van der Waals surface area contributed by atoms with Crippen molar-refractivity contribution < 1.29 is 22.4 Å². The molecule has 2 aromatic carbocycles. The molecule has 0 heterocycles. The van der Waals surface area contributed by atoms with Crippen LogP contribution in [0.4, 0.5) is 10.1 Å². The highest BCUT2D eigenvalue weighted by molar-refractivity contribution is 7.92. The fourth-order valence-corrected chi connectivity index (χ4v) is 5.33. The van der Waals surface area contributed by atoms with Gasteiger partial charge in [-0.05, 0) is 55.7 Å². The summed E-state index contributed by atoms with van der Waals surface area (Å²) in [6, 6.07) is 8.99. The number of halogens is 3. The molecule has 1 fully saturated rings. The van der Waals surface area contributed by atoms with E-state index in [1.54, 1.807) is 6.92 Å². The van der Waals surface area contributed by atoms with Gasteiger partial charge >= 0.3 is 0 Å². The zero-order chi connectivity index (χ0) is 26.5. The molecular formula is C25H30Cl2FN3O4S. The molecule has 0 saturated heterocycles. The fraction of sp³-hybridized carbons (Fsp3) is 0.440. The van der Waals surface area contributed by atoms with E-state index in [4.69, 9.17) is 23.2 Å². The first-order chi connectivity index (χ1) is 17.0. The smallest absolute Gasteiger partial charge is 0.244 e. The van der Waals surface area contributed by atoms with Crippen LogP contribution in [0, 0.1) is 5.82 Å². The van der Waals surface area contributed by atoms with Gasteiger partial charge in [0.15, 0.2) is 0 Å². The van der Waals surface area contributed by atoms with Gasteiger partial charge < -0.3 is 10.2 Å². The summed E-state index contributed by atoms with van der Waals surface area (Å²) in [5.74, 6) is -1.34. The minimum atomic E-state index is -3.89. The first kappa shape index (κ1) is 28.2. The molecule has 0 bridgehead atoms. The molecule has 11 heteroatoms. The number of anilines is 1.